The van der Waals surface area contributed by atoms with Gasteiger partial charge in [0, 0.05) is 0 Å². The van der Waals surface area contributed by atoms with Crippen LogP contribution >= 0.6 is 0 Å². The molecule has 0 bridgehead atoms. The highest BCUT2D eigenvalue weighted by molar-refractivity contribution is 4.95. The van der Waals surface area contributed by atoms with Crippen molar-refractivity contribution in [3.8, 4) is 0 Å². The van der Waals surface area contributed by atoms with Gasteiger partial charge in [-0.05, 0) is 81.0 Å². The monoisotopic (exact) mass is 318 g/mol. The number of ether oxygens (including phenoxy) is 1. The molecule has 0 N–H and O–H groups in total. The van der Waals surface area contributed by atoms with Crippen molar-refractivity contribution in [3.63, 3.8) is 0 Å². The van der Waals surface area contributed by atoms with E-state index >= 15 is 0 Å². The highest BCUT2D eigenvalue weighted by Crippen LogP contribution is 2.52. The lowest BCUT2D eigenvalue weighted by atomic mass is 9.57. The average molecular weight is 319 g/mol. The van der Waals surface area contributed by atoms with Gasteiger partial charge in [0.25, 0.3) is 0 Å². The van der Waals surface area contributed by atoms with Crippen LogP contribution in [0.5, 0.6) is 0 Å². The zero-order valence-corrected chi connectivity index (χ0v) is 15.4. The highest BCUT2D eigenvalue weighted by atomic mass is 16.6. The lowest BCUT2D eigenvalue weighted by Crippen LogP contribution is -2.38. The molecule has 0 amide bonds. The van der Waals surface area contributed by atoms with Crippen LogP contribution < -0.4 is 0 Å². The van der Waals surface area contributed by atoms with E-state index in [1.165, 1.54) is 96.3 Å². The summed E-state index contributed by atoms with van der Waals surface area (Å²) in [6.07, 6.45) is 23.7. The second kappa shape index (κ2) is 7.06. The molecule has 1 aliphatic heterocycles. The van der Waals surface area contributed by atoms with Crippen LogP contribution in [0.15, 0.2) is 0 Å². The van der Waals surface area contributed by atoms with E-state index in [0.717, 1.165) is 17.8 Å². The molecule has 1 saturated heterocycles. The van der Waals surface area contributed by atoms with E-state index in [0.29, 0.717) is 17.6 Å². The maximum Gasteiger partial charge on any atom is 0.0844 e. The fourth-order valence-corrected chi connectivity index (χ4v) is 6.53. The van der Waals surface area contributed by atoms with Crippen LogP contribution in [-0.4, -0.2) is 12.2 Å². The van der Waals surface area contributed by atoms with Gasteiger partial charge in [-0.15, -0.1) is 0 Å². The Hall–Kier alpha value is -0.0400. The number of epoxide rings is 1. The van der Waals surface area contributed by atoms with Crippen molar-refractivity contribution in [2.45, 2.75) is 115 Å². The Morgan fingerprint density at radius 3 is 1.91 bits per heavy atom. The summed E-state index contributed by atoms with van der Waals surface area (Å²) in [7, 11) is 0. The minimum absolute atomic E-state index is 0.655. The third-order valence-corrected chi connectivity index (χ3v) is 8.28. The SMILES string of the molecule is CC(CCC1CCC2OC2C1)(C1CCCCC1)C1CCCCC1. The Balaban J connectivity index is 1.40. The molecule has 4 fully saturated rings. The molecule has 23 heavy (non-hydrogen) atoms. The van der Waals surface area contributed by atoms with E-state index in [2.05, 4.69) is 6.92 Å². The summed E-state index contributed by atoms with van der Waals surface area (Å²) in [5.41, 5.74) is 0.655. The molecule has 0 aromatic rings. The molecule has 3 atom stereocenters. The Labute approximate surface area is 143 Å². The molecule has 1 nitrogen and oxygen atoms in total. The van der Waals surface area contributed by atoms with Gasteiger partial charge in [0.15, 0.2) is 0 Å². The average Bonchev–Trinajstić information content (AvgIpc) is 3.40. The molecule has 132 valence electrons. The van der Waals surface area contributed by atoms with E-state index in [1.807, 2.05) is 0 Å². The summed E-state index contributed by atoms with van der Waals surface area (Å²) < 4.78 is 5.77. The van der Waals surface area contributed by atoms with E-state index < -0.39 is 0 Å². The normalized spacial score (nSPS) is 36.7. The van der Waals surface area contributed by atoms with Crippen molar-refractivity contribution < 1.29 is 4.74 Å². The summed E-state index contributed by atoms with van der Waals surface area (Å²) in [6.45, 7) is 2.72. The molecule has 3 saturated carbocycles. The smallest absolute Gasteiger partial charge is 0.0844 e. The van der Waals surface area contributed by atoms with Gasteiger partial charge >= 0.3 is 0 Å². The second-order valence-corrected chi connectivity index (χ2v) is 9.61. The first kappa shape index (κ1) is 16.4. The van der Waals surface area contributed by atoms with Crippen molar-refractivity contribution in [1.82, 2.24) is 0 Å². The van der Waals surface area contributed by atoms with Crippen LogP contribution in [0.1, 0.15) is 103 Å². The van der Waals surface area contributed by atoms with Crippen LogP contribution in [0.25, 0.3) is 0 Å². The summed E-state index contributed by atoms with van der Waals surface area (Å²) in [6, 6.07) is 0. The van der Waals surface area contributed by atoms with Gasteiger partial charge in [-0.25, -0.2) is 0 Å². The Morgan fingerprint density at radius 2 is 1.35 bits per heavy atom. The zero-order valence-electron chi connectivity index (χ0n) is 15.4. The summed E-state index contributed by atoms with van der Waals surface area (Å²) in [5.74, 6) is 3.05. The Bertz CT molecular complexity index is 359. The van der Waals surface area contributed by atoms with Crippen LogP contribution in [0, 0.1) is 23.2 Å². The van der Waals surface area contributed by atoms with Gasteiger partial charge < -0.3 is 4.74 Å². The molecule has 1 heteroatoms. The van der Waals surface area contributed by atoms with Crippen molar-refractivity contribution in [2.75, 3.05) is 0 Å². The van der Waals surface area contributed by atoms with Crippen molar-refractivity contribution in [3.05, 3.63) is 0 Å². The number of hydrogen-bond donors (Lipinski definition) is 0. The fourth-order valence-electron chi connectivity index (χ4n) is 6.53. The van der Waals surface area contributed by atoms with Gasteiger partial charge in [0.1, 0.15) is 0 Å². The largest absolute Gasteiger partial charge is 0.370 e. The van der Waals surface area contributed by atoms with Gasteiger partial charge in [0.05, 0.1) is 12.2 Å². The van der Waals surface area contributed by atoms with E-state index in [1.54, 1.807) is 0 Å². The Morgan fingerprint density at radius 1 is 0.739 bits per heavy atom. The lowest BCUT2D eigenvalue weighted by Gasteiger charge is -2.48. The lowest BCUT2D eigenvalue weighted by molar-refractivity contribution is 0.0241. The van der Waals surface area contributed by atoms with Crippen LogP contribution in [0.3, 0.4) is 0 Å². The third kappa shape index (κ3) is 3.65. The van der Waals surface area contributed by atoms with E-state index in [-0.39, 0.29) is 0 Å². The molecule has 3 unspecified atom stereocenters. The summed E-state index contributed by atoms with van der Waals surface area (Å²) >= 11 is 0. The Kier molecular flexibility index (Phi) is 5.04. The topological polar surface area (TPSA) is 12.5 Å². The van der Waals surface area contributed by atoms with Gasteiger partial charge in [-0.3, -0.25) is 0 Å². The van der Waals surface area contributed by atoms with E-state index in [4.69, 9.17) is 4.74 Å². The molecule has 1 heterocycles. The molecule has 0 aromatic heterocycles. The quantitative estimate of drug-likeness (QED) is 0.527. The first-order valence-electron chi connectivity index (χ1n) is 10.9. The maximum atomic E-state index is 5.77. The fraction of sp³-hybridized carbons (Fsp3) is 1.00. The molecular weight excluding hydrogens is 280 g/mol. The number of fused-ring (bicyclic) bond motifs is 1. The minimum atomic E-state index is 0.655. The van der Waals surface area contributed by atoms with Crippen molar-refractivity contribution in [2.24, 2.45) is 23.2 Å². The van der Waals surface area contributed by atoms with Crippen molar-refractivity contribution >= 4 is 0 Å². The van der Waals surface area contributed by atoms with Gasteiger partial charge in [-0.2, -0.15) is 0 Å². The van der Waals surface area contributed by atoms with Gasteiger partial charge in [0.2, 0.25) is 0 Å². The first-order valence-corrected chi connectivity index (χ1v) is 10.9. The van der Waals surface area contributed by atoms with Crippen LogP contribution in [0.4, 0.5) is 0 Å². The molecule has 4 aliphatic rings. The standard InChI is InChI=1S/C22H38O/c1-22(18-8-4-2-5-9-18,19-10-6-3-7-11-19)15-14-17-12-13-20-21(16-17)23-20/h17-21H,2-16H2,1H3. The second-order valence-electron chi connectivity index (χ2n) is 9.61. The molecule has 0 aromatic carbocycles. The summed E-state index contributed by atoms with van der Waals surface area (Å²) in [5, 5.41) is 0. The predicted molar refractivity (Wildman–Crippen MR) is 96.5 cm³/mol. The highest BCUT2D eigenvalue weighted by Gasteiger charge is 2.45. The molecule has 3 aliphatic carbocycles. The van der Waals surface area contributed by atoms with Crippen molar-refractivity contribution in [1.29, 1.82) is 0 Å². The predicted octanol–water partition coefficient (Wildman–Crippen LogP) is 6.50. The molecule has 0 spiro atoms. The minimum Gasteiger partial charge on any atom is -0.370 e. The van der Waals surface area contributed by atoms with Crippen LogP contribution in [0.2, 0.25) is 0 Å². The van der Waals surface area contributed by atoms with E-state index in [9.17, 15) is 0 Å². The zero-order chi connectivity index (χ0) is 15.7. The molecule has 4 rings (SSSR count). The number of rotatable bonds is 5. The molecule has 0 radical (unpaired) electrons. The van der Waals surface area contributed by atoms with Crippen LogP contribution in [-0.2, 0) is 4.74 Å². The molecular formula is C22H38O. The van der Waals surface area contributed by atoms with Gasteiger partial charge in [-0.1, -0.05) is 45.4 Å². The maximum absolute atomic E-state index is 5.77. The third-order valence-electron chi connectivity index (χ3n) is 8.28. The number of hydrogen-bond acceptors (Lipinski definition) is 1. The summed E-state index contributed by atoms with van der Waals surface area (Å²) in [4.78, 5) is 0. The first-order chi connectivity index (χ1) is 11.3.